The van der Waals surface area contributed by atoms with E-state index in [1.807, 2.05) is 0 Å². The van der Waals surface area contributed by atoms with Crippen molar-refractivity contribution in [2.75, 3.05) is 26.5 Å². The summed E-state index contributed by atoms with van der Waals surface area (Å²) >= 11 is 1.25. The number of sulfonamides is 1. The van der Waals surface area contributed by atoms with E-state index in [9.17, 15) is 18.0 Å². The zero-order chi connectivity index (χ0) is 21.7. The molecule has 0 saturated heterocycles. The van der Waals surface area contributed by atoms with E-state index in [1.165, 1.54) is 17.6 Å². The van der Waals surface area contributed by atoms with Crippen LogP contribution in [0.2, 0.25) is 0 Å². The highest BCUT2D eigenvalue weighted by molar-refractivity contribution is 7.88. The Morgan fingerprint density at radius 2 is 2.00 bits per heavy atom. The molecule has 2 aromatic heterocycles. The molecule has 0 aliphatic heterocycles. The number of benzene rings is 1. The van der Waals surface area contributed by atoms with Crippen LogP contribution < -0.4 is 9.46 Å². The lowest BCUT2D eigenvalue weighted by Crippen LogP contribution is -2.24. The lowest BCUT2D eigenvalue weighted by atomic mass is 10.1. The highest BCUT2D eigenvalue weighted by Crippen LogP contribution is 2.26. The molecule has 0 unspecified atom stereocenters. The lowest BCUT2D eigenvalue weighted by molar-refractivity contribution is -0.141. The van der Waals surface area contributed by atoms with Gasteiger partial charge in [0.1, 0.15) is 11.3 Å². The van der Waals surface area contributed by atoms with Crippen molar-refractivity contribution in [3.05, 3.63) is 51.9 Å². The van der Waals surface area contributed by atoms with Crippen molar-refractivity contribution in [2.45, 2.75) is 12.8 Å². The zero-order valence-corrected chi connectivity index (χ0v) is 18.1. The average Bonchev–Trinajstić information content (AvgIpc) is 3.32. The number of ketones is 1. The van der Waals surface area contributed by atoms with Crippen molar-refractivity contribution in [2.24, 2.45) is 0 Å². The summed E-state index contributed by atoms with van der Waals surface area (Å²) in [4.78, 5) is 25.7. The molecule has 0 spiro atoms. The number of esters is 1. The van der Waals surface area contributed by atoms with Gasteiger partial charge in [-0.2, -0.15) is 0 Å². The third kappa shape index (κ3) is 5.91. The molecule has 0 atom stereocenters. The Labute approximate surface area is 177 Å². The van der Waals surface area contributed by atoms with Gasteiger partial charge in [0.05, 0.1) is 30.9 Å². The van der Waals surface area contributed by atoms with Crippen LogP contribution in [-0.2, 0) is 32.4 Å². The summed E-state index contributed by atoms with van der Waals surface area (Å²) in [6.07, 6.45) is 3.04. The molecule has 8 nitrogen and oxygen atoms in total. The summed E-state index contributed by atoms with van der Waals surface area (Å²) in [6.45, 7) is -0.101. The number of fused-ring (bicyclic) bond motifs is 1. The fraction of sp³-hybridized carbons (Fsp3) is 0.300. The van der Waals surface area contributed by atoms with Crippen LogP contribution in [0.5, 0.6) is 5.75 Å². The number of nitrogens with one attached hydrogen (secondary N) is 1. The van der Waals surface area contributed by atoms with E-state index in [0.29, 0.717) is 28.2 Å². The lowest BCUT2D eigenvalue weighted by Gasteiger charge is -2.03. The molecule has 3 rings (SSSR count). The molecule has 30 heavy (non-hydrogen) atoms. The minimum absolute atomic E-state index is 0.0144. The van der Waals surface area contributed by atoms with Gasteiger partial charge >= 0.3 is 5.97 Å². The topological polar surface area (TPSA) is 112 Å². The third-order valence-electron chi connectivity index (χ3n) is 4.23. The minimum Gasteiger partial charge on any atom is -0.497 e. The number of ether oxygens (including phenoxy) is 2. The Kier molecular flexibility index (Phi) is 6.91. The number of carbonyl (C=O) groups is 2. The second-order valence-corrected chi connectivity index (χ2v) is 9.57. The molecular formula is C20H21NO7S2. The summed E-state index contributed by atoms with van der Waals surface area (Å²) < 4.78 is 40.3. The van der Waals surface area contributed by atoms with Gasteiger partial charge in [-0.3, -0.25) is 9.59 Å². The van der Waals surface area contributed by atoms with Gasteiger partial charge in [0.15, 0.2) is 6.61 Å². The first kappa shape index (κ1) is 22.0. The van der Waals surface area contributed by atoms with E-state index < -0.39 is 16.0 Å². The summed E-state index contributed by atoms with van der Waals surface area (Å²) in [6, 6.07) is 8.71. The van der Waals surface area contributed by atoms with Gasteiger partial charge < -0.3 is 13.9 Å². The van der Waals surface area contributed by atoms with Crippen LogP contribution in [0.3, 0.4) is 0 Å². The van der Waals surface area contributed by atoms with Crippen molar-refractivity contribution in [1.82, 2.24) is 4.72 Å². The van der Waals surface area contributed by atoms with Gasteiger partial charge in [0.2, 0.25) is 15.8 Å². The molecule has 2 heterocycles. The van der Waals surface area contributed by atoms with Crippen molar-refractivity contribution >= 4 is 44.1 Å². The maximum absolute atomic E-state index is 12.3. The van der Waals surface area contributed by atoms with E-state index in [4.69, 9.17) is 13.9 Å². The molecule has 0 amide bonds. The summed E-state index contributed by atoms with van der Waals surface area (Å²) in [5.74, 6) is -0.188. The molecular weight excluding hydrogens is 430 g/mol. The number of Topliss-reactive ketones (excluding diaryl/α,β-unsaturated/α-hetero) is 1. The number of methoxy groups -OCH3 is 1. The van der Waals surface area contributed by atoms with E-state index in [2.05, 4.69) is 4.72 Å². The quantitative estimate of drug-likeness (QED) is 0.372. The molecule has 1 aromatic carbocycles. The van der Waals surface area contributed by atoms with Crippen molar-refractivity contribution in [3.63, 3.8) is 0 Å². The standard InChI is InChI=1S/C20H21NO7S2/c1-26-14-3-5-16-13(11-27-18(16)10-14)9-20(23)28-12-17(22)19-6-4-15(29-19)7-8-21-30(2,24)25/h3-6,10-11,21H,7-9,12H2,1-2H3. The Hall–Kier alpha value is -2.69. The fourth-order valence-electron chi connectivity index (χ4n) is 2.77. The highest BCUT2D eigenvalue weighted by atomic mass is 32.2. The molecule has 0 aliphatic carbocycles. The van der Waals surface area contributed by atoms with Crippen LogP contribution in [0.1, 0.15) is 20.1 Å². The van der Waals surface area contributed by atoms with E-state index in [0.717, 1.165) is 16.5 Å². The van der Waals surface area contributed by atoms with Gasteiger partial charge in [-0.05, 0) is 30.7 Å². The number of hydrogen-bond donors (Lipinski definition) is 1. The van der Waals surface area contributed by atoms with Crippen LogP contribution in [0, 0.1) is 0 Å². The number of thiophene rings is 1. The molecule has 0 bridgehead atoms. The Morgan fingerprint density at radius 3 is 2.73 bits per heavy atom. The number of carbonyl (C=O) groups excluding carboxylic acids is 2. The van der Waals surface area contributed by atoms with E-state index >= 15 is 0 Å². The normalized spacial score (nSPS) is 11.5. The molecule has 10 heteroatoms. The average molecular weight is 452 g/mol. The number of hydrogen-bond acceptors (Lipinski definition) is 8. The second kappa shape index (κ2) is 9.41. The van der Waals surface area contributed by atoms with Gasteiger partial charge in [0.25, 0.3) is 0 Å². The van der Waals surface area contributed by atoms with Crippen molar-refractivity contribution in [3.8, 4) is 5.75 Å². The van der Waals surface area contributed by atoms with Crippen LogP contribution in [0.4, 0.5) is 0 Å². The van der Waals surface area contributed by atoms with Gasteiger partial charge in [-0.25, -0.2) is 13.1 Å². The predicted molar refractivity (Wildman–Crippen MR) is 113 cm³/mol. The zero-order valence-electron chi connectivity index (χ0n) is 16.5. The van der Waals surface area contributed by atoms with Crippen LogP contribution in [-0.4, -0.2) is 46.7 Å². The first-order valence-corrected chi connectivity index (χ1v) is 11.7. The molecule has 160 valence electrons. The molecule has 1 N–H and O–H groups in total. The molecule has 0 radical (unpaired) electrons. The Balaban J connectivity index is 1.51. The maximum atomic E-state index is 12.3. The van der Waals surface area contributed by atoms with Crippen molar-refractivity contribution < 1.29 is 31.9 Å². The largest absolute Gasteiger partial charge is 0.497 e. The smallest absolute Gasteiger partial charge is 0.310 e. The maximum Gasteiger partial charge on any atom is 0.310 e. The van der Waals surface area contributed by atoms with E-state index in [-0.39, 0.29) is 25.4 Å². The van der Waals surface area contributed by atoms with Gasteiger partial charge in [-0.15, -0.1) is 11.3 Å². The third-order valence-corrected chi connectivity index (χ3v) is 6.15. The molecule has 0 fully saturated rings. The van der Waals surface area contributed by atoms with Crippen LogP contribution >= 0.6 is 11.3 Å². The molecule has 0 aliphatic rings. The SMILES string of the molecule is COc1ccc2c(CC(=O)OCC(=O)c3ccc(CCNS(C)(=O)=O)s3)coc2c1. The van der Waals surface area contributed by atoms with Gasteiger partial charge in [0, 0.05) is 28.4 Å². The highest BCUT2D eigenvalue weighted by Gasteiger charge is 2.15. The van der Waals surface area contributed by atoms with Crippen LogP contribution in [0.15, 0.2) is 41.0 Å². The first-order chi connectivity index (χ1) is 14.2. The monoisotopic (exact) mass is 451 g/mol. The molecule has 3 aromatic rings. The van der Waals surface area contributed by atoms with E-state index in [1.54, 1.807) is 37.4 Å². The summed E-state index contributed by atoms with van der Waals surface area (Å²) in [5, 5.41) is 0.782. The summed E-state index contributed by atoms with van der Waals surface area (Å²) in [7, 11) is -1.69. The van der Waals surface area contributed by atoms with Gasteiger partial charge in [-0.1, -0.05) is 0 Å². The Morgan fingerprint density at radius 1 is 1.20 bits per heavy atom. The fourth-order valence-corrected chi connectivity index (χ4v) is 4.18. The second-order valence-electron chi connectivity index (χ2n) is 6.57. The molecule has 0 saturated carbocycles. The Bertz CT molecular complexity index is 1160. The first-order valence-electron chi connectivity index (χ1n) is 9.01. The minimum atomic E-state index is -3.24. The van der Waals surface area contributed by atoms with Crippen molar-refractivity contribution in [1.29, 1.82) is 0 Å². The number of rotatable bonds is 10. The predicted octanol–water partition coefficient (Wildman–Crippen LogP) is 2.56. The van der Waals surface area contributed by atoms with Crippen LogP contribution in [0.25, 0.3) is 11.0 Å². The number of furan rings is 1. The summed E-state index contributed by atoms with van der Waals surface area (Å²) in [5.41, 5.74) is 1.27.